The Morgan fingerprint density at radius 3 is 2.85 bits per heavy atom. The predicted octanol–water partition coefficient (Wildman–Crippen LogP) is 3.56. The van der Waals surface area contributed by atoms with Gasteiger partial charge in [0.25, 0.3) is 5.91 Å². The topological polar surface area (TPSA) is 50.4 Å². The van der Waals surface area contributed by atoms with Gasteiger partial charge in [0.15, 0.2) is 0 Å². The molecule has 6 heteroatoms. The lowest BCUT2D eigenvalue weighted by Gasteiger charge is -2.22. The van der Waals surface area contributed by atoms with Crippen molar-refractivity contribution in [1.82, 2.24) is 10.6 Å². The standard InChI is InChI=1S/C20H23FN2O2.ClH/c21-18-7-2-8-19(11-18)25-14-15-4-1-6-17(10-15)20(24)23-13-16-5-3-9-22-12-16;/h1-2,4,6-8,10-11,16,22H,3,5,9,12-14H2,(H,23,24);1H. The van der Waals surface area contributed by atoms with Gasteiger partial charge in [-0.15, -0.1) is 12.4 Å². The molecular weight excluding hydrogens is 355 g/mol. The van der Waals surface area contributed by atoms with Crippen molar-refractivity contribution in [3.63, 3.8) is 0 Å². The number of benzene rings is 2. The van der Waals surface area contributed by atoms with Crippen LogP contribution in [-0.2, 0) is 6.61 Å². The summed E-state index contributed by atoms with van der Waals surface area (Å²) in [5, 5.41) is 6.36. The molecule has 1 unspecified atom stereocenters. The Morgan fingerprint density at radius 1 is 1.23 bits per heavy atom. The number of hydrogen-bond donors (Lipinski definition) is 2. The number of carbonyl (C=O) groups excluding carboxylic acids is 1. The smallest absolute Gasteiger partial charge is 0.251 e. The van der Waals surface area contributed by atoms with Crippen molar-refractivity contribution in [2.24, 2.45) is 5.92 Å². The first-order valence-corrected chi connectivity index (χ1v) is 8.67. The van der Waals surface area contributed by atoms with Crippen LogP contribution in [0, 0.1) is 11.7 Å². The van der Waals surface area contributed by atoms with Crippen LogP contribution in [-0.4, -0.2) is 25.5 Å². The molecule has 26 heavy (non-hydrogen) atoms. The number of amides is 1. The lowest BCUT2D eigenvalue weighted by atomic mass is 9.99. The van der Waals surface area contributed by atoms with E-state index in [0.717, 1.165) is 31.5 Å². The van der Waals surface area contributed by atoms with E-state index in [1.165, 1.54) is 12.1 Å². The van der Waals surface area contributed by atoms with Gasteiger partial charge < -0.3 is 15.4 Å². The molecule has 1 aliphatic heterocycles. The maximum atomic E-state index is 13.2. The highest BCUT2D eigenvalue weighted by Gasteiger charge is 2.14. The SMILES string of the molecule is Cl.O=C(NCC1CCCNC1)c1cccc(COc2cccc(F)c2)c1. The van der Waals surface area contributed by atoms with Crippen LogP contribution < -0.4 is 15.4 Å². The first-order valence-electron chi connectivity index (χ1n) is 8.67. The van der Waals surface area contributed by atoms with E-state index in [2.05, 4.69) is 10.6 Å². The minimum atomic E-state index is -0.331. The number of rotatable bonds is 6. The number of halogens is 2. The highest BCUT2D eigenvalue weighted by Crippen LogP contribution is 2.15. The van der Waals surface area contributed by atoms with Crippen molar-refractivity contribution in [3.8, 4) is 5.75 Å². The van der Waals surface area contributed by atoms with Gasteiger partial charge >= 0.3 is 0 Å². The van der Waals surface area contributed by atoms with Crippen molar-refractivity contribution < 1.29 is 13.9 Å². The Balaban J connectivity index is 0.00000243. The van der Waals surface area contributed by atoms with Gasteiger partial charge in [-0.3, -0.25) is 4.79 Å². The van der Waals surface area contributed by atoms with Gasteiger partial charge in [0, 0.05) is 18.2 Å². The molecule has 1 saturated heterocycles. The van der Waals surface area contributed by atoms with Crippen molar-refractivity contribution in [2.45, 2.75) is 19.4 Å². The number of nitrogens with one attached hydrogen (secondary N) is 2. The van der Waals surface area contributed by atoms with E-state index < -0.39 is 0 Å². The second-order valence-corrected chi connectivity index (χ2v) is 6.37. The summed E-state index contributed by atoms with van der Waals surface area (Å²) in [6.45, 7) is 3.01. The fourth-order valence-corrected chi connectivity index (χ4v) is 2.96. The highest BCUT2D eigenvalue weighted by atomic mass is 35.5. The minimum absolute atomic E-state index is 0. The molecule has 0 aromatic heterocycles. The van der Waals surface area contributed by atoms with Gasteiger partial charge in [-0.2, -0.15) is 0 Å². The number of piperidine rings is 1. The molecule has 1 fully saturated rings. The summed E-state index contributed by atoms with van der Waals surface area (Å²) in [6.07, 6.45) is 2.31. The van der Waals surface area contributed by atoms with E-state index in [1.54, 1.807) is 18.2 Å². The molecule has 0 radical (unpaired) electrons. The third-order valence-electron chi connectivity index (χ3n) is 4.34. The van der Waals surface area contributed by atoms with Crippen molar-refractivity contribution in [1.29, 1.82) is 0 Å². The summed E-state index contributed by atoms with van der Waals surface area (Å²) in [5.74, 6) is 0.567. The van der Waals surface area contributed by atoms with E-state index in [1.807, 2.05) is 18.2 Å². The molecule has 1 atom stereocenters. The molecule has 2 aromatic rings. The third kappa shape index (κ3) is 6.00. The monoisotopic (exact) mass is 378 g/mol. The molecule has 0 aliphatic carbocycles. The summed E-state index contributed by atoms with van der Waals surface area (Å²) >= 11 is 0. The maximum absolute atomic E-state index is 13.2. The Kier molecular flexibility index (Phi) is 7.88. The van der Waals surface area contributed by atoms with Crippen LogP contribution in [0.3, 0.4) is 0 Å². The molecule has 140 valence electrons. The molecule has 2 aromatic carbocycles. The first-order chi connectivity index (χ1) is 12.2. The van der Waals surface area contributed by atoms with Crippen LogP contribution in [0.4, 0.5) is 4.39 Å². The summed E-state index contributed by atoms with van der Waals surface area (Å²) in [5.41, 5.74) is 1.49. The molecule has 3 rings (SSSR count). The van der Waals surface area contributed by atoms with Crippen LogP contribution in [0.2, 0.25) is 0 Å². The van der Waals surface area contributed by atoms with E-state index in [9.17, 15) is 9.18 Å². The van der Waals surface area contributed by atoms with E-state index in [0.29, 0.717) is 23.8 Å². The summed E-state index contributed by atoms with van der Waals surface area (Å²) in [4.78, 5) is 12.3. The number of ether oxygens (including phenoxy) is 1. The fraction of sp³-hybridized carbons (Fsp3) is 0.350. The molecule has 0 spiro atoms. The second kappa shape index (κ2) is 10.1. The fourth-order valence-electron chi connectivity index (χ4n) is 2.96. The summed E-state index contributed by atoms with van der Waals surface area (Å²) in [6, 6.07) is 13.4. The molecule has 1 amide bonds. The van der Waals surface area contributed by atoms with Gasteiger partial charge in [0.2, 0.25) is 0 Å². The van der Waals surface area contributed by atoms with Crippen molar-refractivity contribution in [2.75, 3.05) is 19.6 Å². The zero-order valence-electron chi connectivity index (χ0n) is 14.5. The first kappa shape index (κ1) is 20.2. The minimum Gasteiger partial charge on any atom is -0.489 e. The molecule has 4 nitrogen and oxygen atoms in total. The van der Waals surface area contributed by atoms with E-state index in [4.69, 9.17) is 4.74 Å². The zero-order valence-corrected chi connectivity index (χ0v) is 15.4. The average molecular weight is 379 g/mol. The van der Waals surface area contributed by atoms with Crippen LogP contribution in [0.25, 0.3) is 0 Å². The lowest BCUT2D eigenvalue weighted by Crippen LogP contribution is -2.38. The Morgan fingerprint density at radius 2 is 2.08 bits per heavy atom. The summed E-state index contributed by atoms with van der Waals surface area (Å²) < 4.78 is 18.7. The molecule has 0 saturated carbocycles. The maximum Gasteiger partial charge on any atom is 0.251 e. The number of hydrogen-bond acceptors (Lipinski definition) is 3. The highest BCUT2D eigenvalue weighted by molar-refractivity contribution is 5.94. The van der Waals surface area contributed by atoms with Gasteiger partial charge in [-0.25, -0.2) is 4.39 Å². The summed E-state index contributed by atoms with van der Waals surface area (Å²) in [7, 11) is 0. The van der Waals surface area contributed by atoms with Crippen molar-refractivity contribution in [3.05, 3.63) is 65.5 Å². The molecule has 2 N–H and O–H groups in total. The predicted molar refractivity (Wildman–Crippen MR) is 102 cm³/mol. The Hall–Kier alpha value is -2.11. The Bertz CT molecular complexity index is 720. The van der Waals surface area contributed by atoms with Crippen LogP contribution in [0.5, 0.6) is 5.75 Å². The second-order valence-electron chi connectivity index (χ2n) is 6.37. The molecule has 1 heterocycles. The van der Waals surface area contributed by atoms with Crippen molar-refractivity contribution >= 4 is 18.3 Å². The van der Waals surface area contributed by atoms with Crippen LogP contribution >= 0.6 is 12.4 Å². The average Bonchev–Trinajstić information content (AvgIpc) is 2.65. The lowest BCUT2D eigenvalue weighted by molar-refractivity contribution is 0.0944. The van der Waals surface area contributed by atoms with E-state index >= 15 is 0 Å². The zero-order chi connectivity index (χ0) is 17.5. The van der Waals surface area contributed by atoms with Gasteiger partial charge in [-0.05, 0) is 61.7 Å². The quantitative estimate of drug-likeness (QED) is 0.808. The molecular formula is C20H24ClFN2O2. The molecule has 1 aliphatic rings. The number of carbonyl (C=O) groups is 1. The van der Waals surface area contributed by atoms with Gasteiger partial charge in [0.1, 0.15) is 18.2 Å². The Labute approximate surface area is 159 Å². The normalized spacial score (nSPS) is 16.4. The molecule has 0 bridgehead atoms. The largest absolute Gasteiger partial charge is 0.489 e. The third-order valence-corrected chi connectivity index (χ3v) is 4.34. The van der Waals surface area contributed by atoms with Crippen LogP contribution in [0.1, 0.15) is 28.8 Å². The van der Waals surface area contributed by atoms with Gasteiger partial charge in [0.05, 0.1) is 0 Å². The van der Waals surface area contributed by atoms with Crippen LogP contribution in [0.15, 0.2) is 48.5 Å². The van der Waals surface area contributed by atoms with E-state index in [-0.39, 0.29) is 30.7 Å². The van der Waals surface area contributed by atoms with Gasteiger partial charge in [-0.1, -0.05) is 18.2 Å².